The van der Waals surface area contributed by atoms with Crippen LogP contribution in [0.4, 0.5) is 0 Å². The number of phenols is 1. The summed E-state index contributed by atoms with van der Waals surface area (Å²) in [4.78, 5) is 14.0. The maximum atomic E-state index is 10.8. The smallest absolute Gasteiger partial charge is 0.280 e. The fourth-order valence-corrected chi connectivity index (χ4v) is 0.740. The monoisotopic (exact) mass is 149 g/mol. The van der Waals surface area contributed by atoms with E-state index in [2.05, 4.69) is 11.7 Å². The lowest BCUT2D eigenvalue weighted by Gasteiger charge is -1.96. The van der Waals surface area contributed by atoms with Gasteiger partial charge in [-0.3, -0.25) is 4.79 Å². The molecule has 11 heavy (non-hydrogen) atoms. The Labute approximate surface area is 64.0 Å². The van der Waals surface area contributed by atoms with Crippen LogP contribution in [0.3, 0.4) is 0 Å². The lowest BCUT2D eigenvalue weighted by Crippen LogP contribution is -1.93. The molecule has 0 spiro atoms. The van der Waals surface area contributed by atoms with E-state index in [1.165, 1.54) is 12.1 Å². The molecule has 0 heterocycles. The summed E-state index contributed by atoms with van der Waals surface area (Å²) in [6, 6.07) is 6.21. The topological polar surface area (TPSA) is 49.7 Å². The van der Waals surface area contributed by atoms with Gasteiger partial charge in [0.05, 0.1) is 5.56 Å². The van der Waals surface area contributed by atoms with Crippen molar-refractivity contribution in [2.45, 2.75) is 0 Å². The van der Waals surface area contributed by atoms with E-state index in [0.29, 0.717) is 0 Å². The average molecular weight is 149 g/mol. The molecule has 0 saturated heterocycles. The van der Waals surface area contributed by atoms with Gasteiger partial charge in [0.1, 0.15) is 5.75 Å². The Hall–Kier alpha value is -1.64. The number of aliphatic imine (C=N–C) groups is 1. The number of rotatable bonds is 1. The van der Waals surface area contributed by atoms with E-state index in [4.69, 9.17) is 5.11 Å². The zero-order chi connectivity index (χ0) is 8.27. The number of amides is 1. The average Bonchev–Trinajstić information content (AvgIpc) is 2.04. The summed E-state index contributed by atoms with van der Waals surface area (Å²) < 4.78 is 0. The summed E-state index contributed by atoms with van der Waals surface area (Å²) in [6.45, 7) is 3.07. The third kappa shape index (κ3) is 1.43. The summed E-state index contributed by atoms with van der Waals surface area (Å²) in [6.07, 6.45) is 0. The van der Waals surface area contributed by atoms with E-state index in [1.807, 2.05) is 0 Å². The normalized spacial score (nSPS) is 9.09. The van der Waals surface area contributed by atoms with Crippen LogP contribution in [0.25, 0.3) is 0 Å². The third-order valence-electron chi connectivity index (χ3n) is 1.28. The number of carbonyl (C=O) groups is 1. The Morgan fingerprint density at radius 1 is 1.45 bits per heavy atom. The molecule has 0 aliphatic heterocycles. The van der Waals surface area contributed by atoms with Gasteiger partial charge >= 0.3 is 0 Å². The Kier molecular flexibility index (Phi) is 2.01. The van der Waals surface area contributed by atoms with Gasteiger partial charge in [0.2, 0.25) is 0 Å². The van der Waals surface area contributed by atoms with Crippen LogP contribution in [0.5, 0.6) is 5.75 Å². The van der Waals surface area contributed by atoms with Crippen LogP contribution >= 0.6 is 0 Å². The molecule has 3 nitrogen and oxygen atoms in total. The number of carbonyl (C=O) groups excluding carboxylic acids is 1. The molecule has 0 saturated carbocycles. The summed E-state index contributed by atoms with van der Waals surface area (Å²) in [5.74, 6) is -0.576. The highest BCUT2D eigenvalue weighted by Crippen LogP contribution is 2.15. The van der Waals surface area contributed by atoms with Crippen molar-refractivity contribution in [3.05, 3.63) is 29.8 Å². The second-order valence-electron chi connectivity index (χ2n) is 1.98. The number of nitrogens with zero attached hydrogens (tertiary/aromatic N) is 1. The van der Waals surface area contributed by atoms with Crippen LogP contribution < -0.4 is 0 Å². The first kappa shape index (κ1) is 7.47. The molecule has 3 heteroatoms. The van der Waals surface area contributed by atoms with Gasteiger partial charge < -0.3 is 5.11 Å². The van der Waals surface area contributed by atoms with E-state index in [1.54, 1.807) is 12.1 Å². The molecule has 0 fully saturated rings. The molecule has 0 aromatic heterocycles. The van der Waals surface area contributed by atoms with Gasteiger partial charge in [0.25, 0.3) is 5.91 Å². The SMILES string of the molecule is C=NC(=O)c1ccccc1O. The summed E-state index contributed by atoms with van der Waals surface area (Å²) >= 11 is 0. The predicted octanol–water partition coefficient (Wildman–Crippen LogP) is 1.23. The fraction of sp³-hybridized carbons (Fsp3) is 0. The maximum absolute atomic E-state index is 10.8. The lowest BCUT2D eigenvalue weighted by molar-refractivity contribution is 0.100. The quantitative estimate of drug-likeness (QED) is 0.610. The summed E-state index contributed by atoms with van der Waals surface area (Å²) in [5, 5.41) is 9.10. The van der Waals surface area contributed by atoms with Crippen molar-refractivity contribution in [1.82, 2.24) is 0 Å². The molecule has 56 valence electrons. The van der Waals surface area contributed by atoms with Gasteiger partial charge in [-0.25, -0.2) is 4.99 Å². The summed E-state index contributed by atoms with van der Waals surface area (Å²) in [7, 11) is 0. The molecular formula is C8H7NO2. The standard InChI is InChI=1S/C8H7NO2/c1-9-8(11)6-4-2-3-5-7(6)10/h2-5,10H,1H2. The number of phenolic OH excluding ortho intramolecular Hbond substituents is 1. The molecule has 1 rings (SSSR count). The molecule has 0 bridgehead atoms. The van der Waals surface area contributed by atoms with Crippen molar-refractivity contribution in [3.8, 4) is 5.75 Å². The first-order valence-corrected chi connectivity index (χ1v) is 3.04. The molecule has 1 N–H and O–H groups in total. The van der Waals surface area contributed by atoms with Crippen molar-refractivity contribution in [3.63, 3.8) is 0 Å². The molecule has 0 aliphatic rings. The van der Waals surface area contributed by atoms with Crippen LogP contribution in [-0.4, -0.2) is 17.7 Å². The van der Waals surface area contributed by atoms with Crippen LogP contribution in [-0.2, 0) is 0 Å². The van der Waals surface area contributed by atoms with Crippen LogP contribution in [0.1, 0.15) is 10.4 Å². The minimum absolute atomic E-state index is 0.0649. The van der Waals surface area contributed by atoms with Gasteiger partial charge in [-0.05, 0) is 18.9 Å². The first-order valence-electron chi connectivity index (χ1n) is 3.04. The van der Waals surface area contributed by atoms with Crippen molar-refractivity contribution in [2.24, 2.45) is 4.99 Å². The minimum atomic E-state index is -0.511. The Balaban J connectivity index is 3.13. The Morgan fingerprint density at radius 3 is 2.64 bits per heavy atom. The van der Waals surface area contributed by atoms with Crippen LogP contribution in [0, 0.1) is 0 Å². The predicted molar refractivity (Wildman–Crippen MR) is 42.0 cm³/mol. The first-order chi connectivity index (χ1) is 5.25. The lowest BCUT2D eigenvalue weighted by atomic mass is 10.2. The number of aromatic hydroxyl groups is 1. The second kappa shape index (κ2) is 2.96. The van der Waals surface area contributed by atoms with Gasteiger partial charge in [-0.15, -0.1) is 0 Å². The zero-order valence-corrected chi connectivity index (χ0v) is 5.82. The highest BCUT2D eigenvalue weighted by Gasteiger charge is 2.06. The third-order valence-corrected chi connectivity index (χ3v) is 1.28. The van der Waals surface area contributed by atoms with Crippen LogP contribution in [0.15, 0.2) is 29.3 Å². The molecule has 0 radical (unpaired) electrons. The molecule has 0 aliphatic carbocycles. The number of hydrogen-bond donors (Lipinski definition) is 1. The van der Waals surface area contributed by atoms with Crippen LogP contribution in [0.2, 0.25) is 0 Å². The number of benzene rings is 1. The molecule has 0 atom stereocenters. The van der Waals surface area contributed by atoms with E-state index in [0.717, 1.165) is 0 Å². The van der Waals surface area contributed by atoms with E-state index in [9.17, 15) is 4.79 Å². The molecular weight excluding hydrogens is 142 g/mol. The summed E-state index contributed by atoms with van der Waals surface area (Å²) in [5.41, 5.74) is 0.183. The second-order valence-corrected chi connectivity index (χ2v) is 1.98. The van der Waals surface area contributed by atoms with E-state index < -0.39 is 5.91 Å². The molecule has 1 aromatic carbocycles. The molecule has 1 amide bonds. The Bertz CT molecular complexity index is 294. The highest BCUT2D eigenvalue weighted by molar-refractivity contribution is 5.99. The van der Waals surface area contributed by atoms with Gasteiger partial charge in [-0.1, -0.05) is 12.1 Å². The number of hydrogen-bond acceptors (Lipinski definition) is 2. The molecule has 1 aromatic rings. The van der Waals surface area contributed by atoms with Crippen molar-refractivity contribution < 1.29 is 9.90 Å². The van der Waals surface area contributed by atoms with Crippen molar-refractivity contribution in [1.29, 1.82) is 0 Å². The van der Waals surface area contributed by atoms with E-state index >= 15 is 0 Å². The fourth-order valence-electron chi connectivity index (χ4n) is 0.740. The van der Waals surface area contributed by atoms with E-state index in [-0.39, 0.29) is 11.3 Å². The van der Waals surface area contributed by atoms with Gasteiger partial charge in [-0.2, -0.15) is 0 Å². The van der Waals surface area contributed by atoms with Gasteiger partial charge in [0, 0.05) is 0 Å². The highest BCUT2D eigenvalue weighted by atomic mass is 16.3. The zero-order valence-electron chi connectivity index (χ0n) is 5.82. The largest absolute Gasteiger partial charge is 0.507 e. The molecule has 0 unspecified atom stereocenters. The maximum Gasteiger partial charge on any atom is 0.280 e. The minimum Gasteiger partial charge on any atom is -0.507 e. The Morgan fingerprint density at radius 2 is 2.09 bits per heavy atom. The van der Waals surface area contributed by atoms with Crippen molar-refractivity contribution >= 4 is 12.6 Å². The van der Waals surface area contributed by atoms with Crippen molar-refractivity contribution in [2.75, 3.05) is 0 Å². The van der Waals surface area contributed by atoms with Gasteiger partial charge in [0.15, 0.2) is 0 Å². The number of para-hydroxylation sites is 1.